The molecule has 0 N–H and O–H groups in total. The van der Waals surface area contributed by atoms with Crippen LogP contribution in [0.1, 0.15) is 99.5 Å². The van der Waals surface area contributed by atoms with Gasteiger partial charge in [-0.3, -0.25) is 4.68 Å². The molecule has 0 bridgehead atoms. The minimum atomic E-state index is -0.00941. The van der Waals surface area contributed by atoms with Gasteiger partial charge in [0, 0.05) is 28.8 Å². The van der Waals surface area contributed by atoms with Crippen LogP contribution >= 0.6 is 0 Å². The van der Waals surface area contributed by atoms with Gasteiger partial charge in [0.15, 0.2) is 0 Å². The summed E-state index contributed by atoms with van der Waals surface area (Å²) in [6, 6.07) is 33.0. The van der Waals surface area contributed by atoms with E-state index < -0.39 is 0 Å². The molecule has 0 radical (unpaired) electrons. The Kier molecular flexibility index (Phi) is 10.1. The molecule has 6 heteroatoms. The first-order valence-electron chi connectivity index (χ1n) is 18.1. The maximum absolute atomic E-state index is 6.69. The van der Waals surface area contributed by atoms with Gasteiger partial charge in [-0.05, 0) is 96.5 Å². The van der Waals surface area contributed by atoms with Crippen molar-refractivity contribution in [3.05, 3.63) is 130 Å². The Morgan fingerprint density at radius 1 is 0.731 bits per heavy atom. The van der Waals surface area contributed by atoms with E-state index in [1.165, 1.54) is 39.1 Å². The molecule has 5 nitrogen and oxygen atoms in total. The monoisotopic (exact) mass is 778 g/mol. The van der Waals surface area contributed by atoms with Crippen LogP contribution in [0.3, 0.4) is 0 Å². The molecule has 3 aromatic heterocycles. The van der Waals surface area contributed by atoms with Crippen LogP contribution in [0, 0.1) is 39.8 Å². The number of benzene rings is 4. The number of aromatic nitrogens is 4. The van der Waals surface area contributed by atoms with E-state index in [0.717, 1.165) is 44.6 Å². The number of fused-ring (bicyclic) bond motifs is 3. The normalized spacial score (nSPS) is 11.9. The molecular weight excluding hydrogens is 731 g/mol. The van der Waals surface area contributed by atoms with E-state index >= 15 is 0 Å². The van der Waals surface area contributed by atoms with Crippen LogP contribution in [0.2, 0.25) is 0 Å². The second-order valence-corrected chi connectivity index (χ2v) is 15.7. The standard InChI is InChI=1S/C46H48N4O.Pd/c1-27(2)33-22-35(50-45(28(3)4)44(32(8)48-50)43-30(6)20-29(5)21-31(43)7)25-37(23-33)51-36-16-17-39-38-14-12-13-15-40(38)49(41(39)26-36)42-24-34(18-19-47-42)46(9,10)11;/h12-24,27-28H,1-11H3;/q-2;+2. The Labute approximate surface area is 322 Å². The van der Waals surface area contributed by atoms with Crippen molar-refractivity contribution in [1.82, 2.24) is 19.3 Å². The number of hydrogen-bond donors (Lipinski definition) is 0. The minimum Gasteiger partial charge on any atom is -0.509 e. The quantitative estimate of drug-likeness (QED) is 0.120. The van der Waals surface area contributed by atoms with E-state index in [0.29, 0.717) is 11.5 Å². The Morgan fingerprint density at radius 2 is 1.44 bits per heavy atom. The topological polar surface area (TPSA) is 44.9 Å². The summed E-state index contributed by atoms with van der Waals surface area (Å²) in [5.74, 6) is 2.62. The third kappa shape index (κ3) is 6.75. The van der Waals surface area contributed by atoms with Crippen LogP contribution in [-0.4, -0.2) is 19.3 Å². The number of aryl methyl sites for hydroxylation is 4. The Hall–Kier alpha value is -4.50. The molecule has 52 heavy (non-hydrogen) atoms. The van der Waals surface area contributed by atoms with Gasteiger partial charge in [0.05, 0.1) is 11.4 Å². The van der Waals surface area contributed by atoms with Crippen molar-refractivity contribution >= 4 is 21.8 Å². The zero-order chi connectivity index (χ0) is 36.4. The largest absolute Gasteiger partial charge is 2.00 e. The zero-order valence-electron chi connectivity index (χ0n) is 32.2. The first-order chi connectivity index (χ1) is 24.2. The molecule has 0 saturated carbocycles. The van der Waals surface area contributed by atoms with Crippen LogP contribution in [0.5, 0.6) is 11.5 Å². The van der Waals surface area contributed by atoms with Gasteiger partial charge in [-0.25, -0.2) is 4.98 Å². The molecule has 0 spiro atoms. The summed E-state index contributed by atoms with van der Waals surface area (Å²) in [5, 5.41) is 7.43. The second-order valence-electron chi connectivity index (χ2n) is 15.7. The van der Waals surface area contributed by atoms with E-state index in [9.17, 15) is 0 Å². The predicted molar refractivity (Wildman–Crippen MR) is 211 cm³/mol. The zero-order valence-corrected chi connectivity index (χ0v) is 33.7. The van der Waals surface area contributed by atoms with Crippen molar-refractivity contribution in [2.24, 2.45) is 0 Å². The number of rotatable bonds is 7. The summed E-state index contributed by atoms with van der Waals surface area (Å²) in [7, 11) is 0. The van der Waals surface area contributed by atoms with Gasteiger partial charge in [-0.1, -0.05) is 89.9 Å². The fourth-order valence-corrected chi connectivity index (χ4v) is 7.49. The molecule has 0 fully saturated rings. The van der Waals surface area contributed by atoms with Gasteiger partial charge in [-0.2, -0.15) is 11.2 Å². The van der Waals surface area contributed by atoms with Gasteiger partial charge in [0.25, 0.3) is 0 Å². The summed E-state index contributed by atoms with van der Waals surface area (Å²) in [4.78, 5) is 4.84. The summed E-state index contributed by atoms with van der Waals surface area (Å²) in [6.07, 6.45) is 1.90. The molecule has 7 rings (SSSR count). The average Bonchev–Trinajstić information content (AvgIpc) is 3.58. The van der Waals surface area contributed by atoms with Crippen LogP contribution in [-0.2, 0) is 25.8 Å². The second kappa shape index (κ2) is 14.1. The average molecular weight is 779 g/mol. The maximum Gasteiger partial charge on any atom is 2.00 e. The molecule has 268 valence electrons. The molecule has 0 unspecified atom stereocenters. The first kappa shape index (κ1) is 37.3. The van der Waals surface area contributed by atoms with Gasteiger partial charge in [0.1, 0.15) is 5.82 Å². The fraction of sp³-hybridized carbons (Fsp3) is 0.304. The molecule has 0 saturated heterocycles. The van der Waals surface area contributed by atoms with Gasteiger partial charge in [-0.15, -0.1) is 41.3 Å². The van der Waals surface area contributed by atoms with Crippen molar-refractivity contribution in [3.8, 4) is 34.1 Å². The van der Waals surface area contributed by atoms with E-state index in [1.54, 1.807) is 0 Å². The number of ether oxygens (including phenoxy) is 1. The van der Waals surface area contributed by atoms with Gasteiger partial charge >= 0.3 is 20.4 Å². The van der Waals surface area contributed by atoms with Gasteiger partial charge < -0.3 is 9.30 Å². The summed E-state index contributed by atoms with van der Waals surface area (Å²) >= 11 is 0. The van der Waals surface area contributed by atoms with Crippen molar-refractivity contribution in [2.75, 3.05) is 0 Å². The molecule has 4 aromatic carbocycles. The number of nitrogens with zero attached hydrogens (tertiary/aromatic N) is 4. The Bertz CT molecular complexity index is 2420. The molecule has 0 aliphatic rings. The van der Waals surface area contributed by atoms with Crippen LogP contribution in [0.15, 0.2) is 79.0 Å². The SMILES string of the molecule is Cc1cc(C)c(-c2c(C)nn(-c3[c-]c(Oc4[c-]c5c(cc4)c4ccccc4n5-c4cc(C(C)(C)C)ccn4)cc(C(C)C)c3)c2C(C)C)c(C)c1.[Pd+2]. The van der Waals surface area contributed by atoms with Crippen molar-refractivity contribution < 1.29 is 25.2 Å². The van der Waals surface area contributed by atoms with Crippen LogP contribution in [0.25, 0.3) is 44.4 Å². The molecule has 0 aliphatic heterocycles. The van der Waals surface area contributed by atoms with Crippen LogP contribution < -0.4 is 4.74 Å². The van der Waals surface area contributed by atoms with Crippen LogP contribution in [0.4, 0.5) is 0 Å². The van der Waals surface area contributed by atoms with Crippen molar-refractivity contribution in [1.29, 1.82) is 0 Å². The molecule has 7 aromatic rings. The van der Waals surface area contributed by atoms with E-state index in [2.05, 4.69) is 164 Å². The van der Waals surface area contributed by atoms with E-state index in [1.807, 2.05) is 12.3 Å². The molecule has 0 amide bonds. The minimum absolute atomic E-state index is 0. The molecule has 0 atom stereocenters. The summed E-state index contributed by atoms with van der Waals surface area (Å²) < 4.78 is 11.0. The number of hydrogen-bond acceptors (Lipinski definition) is 3. The smallest absolute Gasteiger partial charge is 0.509 e. The predicted octanol–water partition coefficient (Wildman–Crippen LogP) is 12.2. The number of pyridine rings is 1. The van der Waals surface area contributed by atoms with E-state index in [4.69, 9.17) is 14.8 Å². The third-order valence-corrected chi connectivity index (χ3v) is 9.93. The Balaban J connectivity index is 0.00000464. The van der Waals surface area contributed by atoms with Crippen molar-refractivity contribution in [3.63, 3.8) is 0 Å². The third-order valence-electron chi connectivity index (χ3n) is 9.93. The van der Waals surface area contributed by atoms with Crippen molar-refractivity contribution in [2.45, 2.75) is 93.4 Å². The first-order valence-corrected chi connectivity index (χ1v) is 18.1. The Morgan fingerprint density at radius 3 is 2.12 bits per heavy atom. The summed E-state index contributed by atoms with van der Waals surface area (Å²) in [6.45, 7) is 24.3. The van der Waals surface area contributed by atoms with Gasteiger partial charge in [0.2, 0.25) is 0 Å². The maximum atomic E-state index is 6.69. The van der Waals surface area contributed by atoms with E-state index in [-0.39, 0.29) is 37.7 Å². The molecular formula is C46H48N4OPd. The molecule has 3 heterocycles. The fourth-order valence-electron chi connectivity index (χ4n) is 7.49. The summed E-state index contributed by atoms with van der Waals surface area (Å²) in [5.41, 5.74) is 13.7. The molecule has 0 aliphatic carbocycles. The number of para-hydroxylation sites is 1.